The van der Waals surface area contributed by atoms with E-state index in [9.17, 15) is 18.4 Å². The number of aryl methyl sites for hydroxylation is 1. The summed E-state index contributed by atoms with van der Waals surface area (Å²) < 4.78 is 26.4. The molecule has 0 aliphatic carbocycles. The van der Waals surface area contributed by atoms with E-state index < -0.39 is 11.6 Å². The number of fused-ring (bicyclic) bond motifs is 1. The van der Waals surface area contributed by atoms with Crippen LogP contribution in [-0.4, -0.2) is 18.2 Å². The number of carbonyl (C=O) groups is 2. The molecule has 5 heteroatoms. The van der Waals surface area contributed by atoms with Gasteiger partial charge < -0.3 is 4.90 Å². The van der Waals surface area contributed by atoms with Gasteiger partial charge in [0.25, 0.3) is 5.91 Å². The van der Waals surface area contributed by atoms with Crippen molar-refractivity contribution in [1.29, 1.82) is 0 Å². The highest BCUT2D eigenvalue weighted by Gasteiger charge is 2.24. The van der Waals surface area contributed by atoms with Gasteiger partial charge in [-0.05, 0) is 61.7 Å². The Morgan fingerprint density at radius 1 is 1.00 bits per heavy atom. The molecule has 3 rings (SSSR count). The second kappa shape index (κ2) is 5.91. The number of hydrogen-bond donors (Lipinski definition) is 0. The number of halogens is 2. The summed E-state index contributed by atoms with van der Waals surface area (Å²) in [4.78, 5) is 25.6. The highest BCUT2D eigenvalue weighted by Crippen LogP contribution is 2.29. The number of anilines is 1. The quantitative estimate of drug-likeness (QED) is 0.791. The lowest BCUT2D eigenvalue weighted by molar-refractivity contribution is 0.0983. The minimum absolute atomic E-state index is 0.0307. The zero-order chi connectivity index (χ0) is 16.6. The summed E-state index contributed by atoms with van der Waals surface area (Å²) in [6, 6.07) is 8.35. The maximum atomic E-state index is 13.4. The van der Waals surface area contributed by atoms with E-state index in [1.807, 2.05) is 0 Å². The van der Waals surface area contributed by atoms with E-state index in [-0.39, 0.29) is 17.3 Å². The molecule has 0 saturated carbocycles. The SMILES string of the molecule is CC(=O)c1ccc2c(c1)CCCN2C(=O)c1ccc(F)c(F)c1. The van der Waals surface area contributed by atoms with Crippen LogP contribution in [0.25, 0.3) is 0 Å². The lowest BCUT2D eigenvalue weighted by Gasteiger charge is -2.30. The summed E-state index contributed by atoms with van der Waals surface area (Å²) in [7, 11) is 0. The molecule has 0 unspecified atom stereocenters. The fourth-order valence-electron chi connectivity index (χ4n) is 2.81. The standard InChI is InChI=1S/C18H15F2NO2/c1-11(22)12-5-7-17-13(9-12)3-2-8-21(17)18(23)14-4-6-15(19)16(20)10-14/h4-7,9-10H,2-3,8H2,1H3. The molecule has 1 aliphatic rings. The van der Waals surface area contributed by atoms with Crippen LogP contribution in [0.3, 0.4) is 0 Å². The molecule has 3 nitrogen and oxygen atoms in total. The van der Waals surface area contributed by atoms with Gasteiger partial charge in [0.15, 0.2) is 17.4 Å². The van der Waals surface area contributed by atoms with Gasteiger partial charge >= 0.3 is 0 Å². The molecule has 2 aromatic rings. The summed E-state index contributed by atoms with van der Waals surface area (Å²) in [6.07, 6.45) is 1.53. The zero-order valence-electron chi connectivity index (χ0n) is 12.6. The van der Waals surface area contributed by atoms with E-state index in [4.69, 9.17) is 0 Å². The average molecular weight is 315 g/mol. The number of hydrogen-bond acceptors (Lipinski definition) is 2. The normalized spacial score (nSPS) is 13.6. The average Bonchev–Trinajstić information content (AvgIpc) is 2.55. The Bertz CT molecular complexity index is 802. The summed E-state index contributed by atoms with van der Waals surface area (Å²) in [6.45, 7) is 2.00. The Labute approximate surface area is 132 Å². The summed E-state index contributed by atoms with van der Waals surface area (Å²) in [5.74, 6) is -2.43. The molecule has 118 valence electrons. The lowest BCUT2D eigenvalue weighted by atomic mass is 9.97. The monoisotopic (exact) mass is 315 g/mol. The van der Waals surface area contributed by atoms with Gasteiger partial charge in [0.2, 0.25) is 0 Å². The molecule has 1 aliphatic heterocycles. The molecule has 1 amide bonds. The van der Waals surface area contributed by atoms with Crippen LogP contribution in [0.2, 0.25) is 0 Å². The Balaban J connectivity index is 1.97. The number of Topliss-reactive ketones (excluding diaryl/α,β-unsaturated/α-hetero) is 1. The van der Waals surface area contributed by atoms with Crippen molar-refractivity contribution < 1.29 is 18.4 Å². The number of carbonyl (C=O) groups excluding carboxylic acids is 2. The van der Waals surface area contributed by atoms with E-state index >= 15 is 0 Å². The van der Waals surface area contributed by atoms with Gasteiger partial charge in [-0.2, -0.15) is 0 Å². The van der Waals surface area contributed by atoms with E-state index in [0.29, 0.717) is 12.1 Å². The van der Waals surface area contributed by atoms with E-state index in [1.54, 1.807) is 23.1 Å². The number of benzene rings is 2. The van der Waals surface area contributed by atoms with Crippen LogP contribution in [0.1, 0.15) is 39.6 Å². The number of ketones is 1. The lowest BCUT2D eigenvalue weighted by Crippen LogP contribution is -2.35. The molecular formula is C18H15F2NO2. The summed E-state index contributed by atoms with van der Waals surface area (Å²) >= 11 is 0. The fourth-order valence-corrected chi connectivity index (χ4v) is 2.81. The topological polar surface area (TPSA) is 37.4 Å². The van der Waals surface area contributed by atoms with E-state index in [2.05, 4.69) is 0 Å². The predicted molar refractivity (Wildman–Crippen MR) is 82.8 cm³/mol. The highest BCUT2D eigenvalue weighted by molar-refractivity contribution is 6.07. The largest absolute Gasteiger partial charge is 0.308 e. The Morgan fingerprint density at radius 2 is 1.74 bits per heavy atom. The molecule has 0 atom stereocenters. The fraction of sp³-hybridized carbons (Fsp3) is 0.222. The van der Waals surface area contributed by atoms with Crippen molar-refractivity contribution in [3.8, 4) is 0 Å². The zero-order valence-corrected chi connectivity index (χ0v) is 12.6. The van der Waals surface area contributed by atoms with E-state index in [0.717, 1.165) is 36.2 Å². The highest BCUT2D eigenvalue weighted by atomic mass is 19.2. The Hall–Kier alpha value is -2.56. The maximum Gasteiger partial charge on any atom is 0.258 e. The van der Waals surface area contributed by atoms with Gasteiger partial charge in [-0.25, -0.2) is 8.78 Å². The van der Waals surface area contributed by atoms with E-state index in [1.165, 1.54) is 13.0 Å². The Morgan fingerprint density at radius 3 is 2.43 bits per heavy atom. The van der Waals surface area contributed by atoms with Crippen LogP contribution in [0, 0.1) is 11.6 Å². The van der Waals surface area contributed by atoms with Gasteiger partial charge in [0.1, 0.15) is 0 Å². The Kier molecular flexibility index (Phi) is 3.94. The summed E-state index contributed by atoms with van der Waals surface area (Å²) in [5, 5.41) is 0. The van der Waals surface area contributed by atoms with Gasteiger partial charge in [-0.15, -0.1) is 0 Å². The predicted octanol–water partition coefficient (Wildman–Crippen LogP) is 3.76. The minimum atomic E-state index is -1.04. The van der Waals surface area contributed by atoms with Crippen molar-refractivity contribution in [3.63, 3.8) is 0 Å². The van der Waals surface area contributed by atoms with Crippen molar-refractivity contribution in [2.24, 2.45) is 0 Å². The van der Waals surface area contributed by atoms with Crippen molar-refractivity contribution in [3.05, 3.63) is 64.7 Å². The first-order valence-corrected chi connectivity index (χ1v) is 7.38. The third kappa shape index (κ3) is 2.86. The smallest absolute Gasteiger partial charge is 0.258 e. The molecule has 0 N–H and O–H groups in total. The van der Waals surface area contributed by atoms with Crippen molar-refractivity contribution in [2.45, 2.75) is 19.8 Å². The molecule has 0 radical (unpaired) electrons. The van der Waals surface area contributed by atoms with Crippen LogP contribution < -0.4 is 4.90 Å². The molecule has 2 aromatic carbocycles. The molecule has 0 aromatic heterocycles. The second-order valence-electron chi connectivity index (χ2n) is 5.59. The first kappa shape index (κ1) is 15.3. The van der Waals surface area contributed by atoms with Crippen LogP contribution >= 0.6 is 0 Å². The first-order valence-electron chi connectivity index (χ1n) is 7.38. The van der Waals surface area contributed by atoms with Gasteiger partial charge in [0, 0.05) is 23.4 Å². The number of nitrogens with zero attached hydrogens (tertiary/aromatic N) is 1. The number of rotatable bonds is 2. The van der Waals surface area contributed by atoms with Gasteiger partial charge in [0.05, 0.1) is 0 Å². The summed E-state index contributed by atoms with van der Waals surface area (Å²) in [5.41, 5.74) is 2.34. The molecule has 0 bridgehead atoms. The molecular weight excluding hydrogens is 300 g/mol. The molecule has 0 fully saturated rings. The van der Waals surface area contributed by atoms with Crippen LogP contribution in [-0.2, 0) is 6.42 Å². The maximum absolute atomic E-state index is 13.4. The minimum Gasteiger partial charge on any atom is -0.308 e. The van der Waals surface area contributed by atoms with Crippen LogP contribution in [0.4, 0.5) is 14.5 Å². The number of amides is 1. The second-order valence-corrected chi connectivity index (χ2v) is 5.59. The molecule has 0 saturated heterocycles. The van der Waals surface area contributed by atoms with Gasteiger partial charge in [-0.3, -0.25) is 9.59 Å². The van der Waals surface area contributed by atoms with Crippen molar-refractivity contribution >= 4 is 17.4 Å². The van der Waals surface area contributed by atoms with Crippen LogP contribution in [0.5, 0.6) is 0 Å². The molecule has 23 heavy (non-hydrogen) atoms. The van der Waals surface area contributed by atoms with Gasteiger partial charge in [-0.1, -0.05) is 0 Å². The molecule has 0 spiro atoms. The first-order chi connectivity index (χ1) is 11.0. The van der Waals surface area contributed by atoms with Crippen molar-refractivity contribution in [2.75, 3.05) is 11.4 Å². The van der Waals surface area contributed by atoms with Crippen LogP contribution in [0.15, 0.2) is 36.4 Å². The molecule has 1 heterocycles. The van der Waals surface area contributed by atoms with Crippen molar-refractivity contribution in [1.82, 2.24) is 0 Å². The third-order valence-electron chi connectivity index (χ3n) is 4.02. The third-order valence-corrected chi connectivity index (χ3v) is 4.02.